The van der Waals surface area contributed by atoms with Crippen LogP contribution in [0.3, 0.4) is 0 Å². The molecule has 14 heavy (non-hydrogen) atoms. The van der Waals surface area contributed by atoms with E-state index in [0.29, 0.717) is 6.07 Å². The monoisotopic (exact) mass is 317 g/mol. The van der Waals surface area contributed by atoms with E-state index in [-0.39, 0.29) is 3.70 Å². The first-order valence-electron chi connectivity index (χ1n) is 3.28. The van der Waals surface area contributed by atoms with Gasteiger partial charge in [0.05, 0.1) is 11.1 Å². The maximum atomic E-state index is 12.3. The van der Waals surface area contributed by atoms with Gasteiger partial charge in [-0.3, -0.25) is 0 Å². The number of carboxylic acids is 1. The Balaban J connectivity index is 3.29. The summed E-state index contributed by atoms with van der Waals surface area (Å²) < 4.78 is 36.5. The second-order valence-corrected chi connectivity index (χ2v) is 3.39. The van der Waals surface area contributed by atoms with Crippen molar-refractivity contribution in [2.45, 2.75) is 6.18 Å². The number of aromatic carboxylic acids is 1. The molecule has 0 aliphatic rings. The SMILES string of the molecule is O=C(O)c1cnc(I)c(C(F)(F)F)c1. The topological polar surface area (TPSA) is 50.2 Å². The third-order valence-corrected chi connectivity index (χ3v) is 2.25. The van der Waals surface area contributed by atoms with E-state index in [9.17, 15) is 18.0 Å². The molecule has 0 unspecified atom stereocenters. The third-order valence-electron chi connectivity index (χ3n) is 1.39. The number of hydrogen-bond donors (Lipinski definition) is 1. The smallest absolute Gasteiger partial charge is 0.418 e. The van der Waals surface area contributed by atoms with Crippen LogP contribution in [-0.2, 0) is 6.18 Å². The zero-order chi connectivity index (χ0) is 10.9. The molecule has 0 radical (unpaired) electrons. The Hall–Kier alpha value is -0.860. The van der Waals surface area contributed by atoms with Crippen molar-refractivity contribution in [2.24, 2.45) is 0 Å². The van der Waals surface area contributed by atoms with Gasteiger partial charge in [0.15, 0.2) is 0 Å². The third kappa shape index (κ3) is 2.34. The average Bonchev–Trinajstić information content (AvgIpc) is 2.02. The second kappa shape index (κ2) is 3.71. The Morgan fingerprint density at radius 3 is 2.50 bits per heavy atom. The van der Waals surface area contributed by atoms with E-state index >= 15 is 0 Å². The van der Waals surface area contributed by atoms with Gasteiger partial charge in [-0.05, 0) is 28.7 Å². The molecule has 0 aliphatic carbocycles. The van der Waals surface area contributed by atoms with Gasteiger partial charge in [-0.15, -0.1) is 0 Å². The Morgan fingerprint density at radius 2 is 2.07 bits per heavy atom. The van der Waals surface area contributed by atoms with Crippen LogP contribution >= 0.6 is 22.6 Å². The summed E-state index contributed by atoms with van der Waals surface area (Å²) in [5.74, 6) is -1.43. The van der Waals surface area contributed by atoms with Gasteiger partial charge < -0.3 is 5.11 Å². The highest BCUT2D eigenvalue weighted by Crippen LogP contribution is 2.32. The summed E-state index contributed by atoms with van der Waals surface area (Å²) in [4.78, 5) is 13.7. The minimum absolute atomic E-state index is 0.264. The van der Waals surface area contributed by atoms with E-state index in [4.69, 9.17) is 5.11 Å². The fourth-order valence-corrected chi connectivity index (χ4v) is 1.36. The fourth-order valence-electron chi connectivity index (χ4n) is 0.764. The highest BCUT2D eigenvalue weighted by molar-refractivity contribution is 14.1. The lowest BCUT2D eigenvalue weighted by atomic mass is 10.2. The first-order valence-corrected chi connectivity index (χ1v) is 4.36. The van der Waals surface area contributed by atoms with Crippen LogP contribution in [-0.4, -0.2) is 16.1 Å². The van der Waals surface area contributed by atoms with Crippen molar-refractivity contribution >= 4 is 28.6 Å². The first kappa shape index (κ1) is 11.2. The number of halogens is 4. The summed E-state index contributed by atoms with van der Waals surface area (Å²) in [5.41, 5.74) is -1.50. The van der Waals surface area contributed by atoms with Gasteiger partial charge >= 0.3 is 12.1 Å². The summed E-state index contributed by atoms with van der Waals surface area (Å²) in [6, 6.07) is 0.567. The fraction of sp³-hybridized carbons (Fsp3) is 0.143. The van der Waals surface area contributed by atoms with Crippen molar-refractivity contribution in [3.8, 4) is 0 Å². The molecule has 0 saturated carbocycles. The van der Waals surface area contributed by atoms with Crippen LogP contribution < -0.4 is 0 Å². The van der Waals surface area contributed by atoms with Gasteiger partial charge in [0.25, 0.3) is 0 Å². The Kier molecular flexibility index (Phi) is 2.98. The number of nitrogens with zero attached hydrogens (tertiary/aromatic N) is 1. The number of carbonyl (C=O) groups is 1. The largest absolute Gasteiger partial charge is 0.478 e. The maximum absolute atomic E-state index is 12.3. The van der Waals surface area contributed by atoms with Crippen LogP contribution in [0, 0.1) is 3.70 Å². The van der Waals surface area contributed by atoms with Gasteiger partial charge in [0, 0.05) is 6.20 Å². The second-order valence-electron chi connectivity index (χ2n) is 2.37. The molecule has 3 nitrogen and oxygen atoms in total. The van der Waals surface area contributed by atoms with Gasteiger partial charge in [-0.25, -0.2) is 9.78 Å². The molecular weight excluding hydrogens is 314 g/mol. The lowest BCUT2D eigenvalue weighted by molar-refractivity contribution is -0.138. The molecule has 0 aromatic carbocycles. The lowest BCUT2D eigenvalue weighted by Crippen LogP contribution is -2.11. The summed E-state index contributed by atoms with van der Waals surface area (Å²) in [6.45, 7) is 0. The molecule has 1 heterocycles. The van der Waals surface area contributed by atoms with Gasteiger partial charge in [0.1, 0.15) is 3.70 Å². The molecule has 76 valence electrons. The molecule has 1 rings (SSSR count). The average molecular weight is 317 g/mol. The molecule has 0 saturated heterocycles. The van der Waals surface area contributed by atoms with Crippen molar-refractivity contribution in [1.82, 2.24) is 4.98 Å². The molecule has 1 N–H and O–H groups in total. The minimum Gasteiger partial charge on any atom is -0.478 e. The van der Waals surface area contributed by atoms with Crippen LogP contribution in [0.2, 0.25) is 0 Å². The lowest BCUT2D eigenvalue weighted by Gasteiger charge is -2.08. The number of hydrogen-bond acceptors (Lipinski definition) is 2. The van der Waals surface area contributed by atoms with Crippen LogP contribution in [0.4, 0.5) is 13.2 Å². The quantitative estimate of drug-likeness (QED) is 0.639. The van der Waals surface area contributed by atoms with Gasteiger partial charge in [0.2, 0.25) is 0 Å². The van der Waals surface area contributed by atoms with E-state index in [0.717, 1.165) is 6.20 Å². The Labute approximate surface area is 90.1 Å². The van der Waals surface area contributed by atoms with E-state index in [1.165, 1.54) is 22.6 Å². The van der Waals surface area contributed by atoms with Crippen molar-refractivity contribution in [2.75, 3.05) is 0 Å². The van der Waals surface area contributed by atoms with Crippen molar-refractivity contribution < 1.29 is 23.1 Å². The van der Waals surface area contributed by atoms with Crippen LogP contribution in [0.5, 0.6) is 0 Å². The highest BCUT2D eigenvalue weighted by Gasteiger charge is 2.34. The van der Waals surface area contributed by atoms with Gasteiger partial charge in [-0.2, -0.15) is 13.2 Å². The van der Waals surface area contributed by atoms with E-state index in [1.54, 1.807) is 0 Å². The normalized spacial score (nSPS) is 11.4. The van der Waals surface area contributed by atoms with Crippen LogP contribution in [0.15, 0.2) is 12.3 Å². The van der Waals surface area contributed by atoms with Crippen LogP contribution in [0.1, 0.15) is 15.9 Å². The highest BCUT2D eigenvalue weighted by atomic mass is 127. The predicted molar refractivity (Wildman–Crippen MR) is 48.9 cm³/mol. The molecule has 0 aliphatic heterocycles. The number of rotatable bonds is 1. The van der Waals surface area contributed by atoms with Crippen molar-refractivity contribution in [3.05, 3.63) is 27.1 Å². The molecule has 0 atom stereocenters. The summed E-state index contributed by atoms with van der Waals surface area (Å²) in [5, 5.41) is 8.46. The zero-order valence-corrected chi connectivity index (χ0v) is 8.63. The van der Waals surface area contributed by atoms with E-state index in [1.807, 2.05) is 0 Å². The maximum Gasteiger partial charge on any atom is 0.418 e. The first-order chi connectivity index (χ1) is 6.32. The summed E-state index contributed by atoms with van der Waals surface area (Å²) in [7, 11) is 0. The molecule has 7 heteroatoms. The van der Waals surface area contributed by atoms with Gasteiger partial charge in [-0.1, -0.05) is 0 Å². The molecule has 0 amide bonds. The predicted octanol–water partition coefficient (Wildman–Crippen LogP) is 2.40. The molecular formula is C7H3F3INO2. The number of aromatic nitrogens is 1. The molecule has 0 spiro atoms. The van der Waals surface area contributed by atoms with E-state index in [2.05, 4.69) is 4.98 Å². The van der Waals surface area contributed by atoms with E-state index < -0.39 is 23.3 Å². The molecule has 0 bridgehead atoms. The molecule has 1 aromatic heterocycles. The van der Waals surface area contributed by atoms with Crippen molar-refractivity contribution in [3.63, 3.8) is 0 Å². The number of carboxylic acid groups (broad SMARTS) is 1. The Morgan fingerprint density at radius 1 is 1.50 bits per heavy atom. The van der Waals surface area contributed by atoms with Crippen LogP contribution in [0.25, 0.3) is 0 Å². The molecule has 0 fully saturated rings. The van der Waals surface area contributed by atoms with Crippen molar-refractivity contribution in [1.29, 1.82) is 0 Å². The number of pyridine rings is 1. The zero-order valence-electron chi connectivity index (χ0n) is 6.47. The standard InChI is InChI=1S/C7H3F3INO2/c8-7(9,10)4-1-3(6(13)14)2-12-5(4)11/h1-2H,(H,13,14). The molecule has 1 aromatic rings. The summed E-state index contributed by atoms with van der Waals surface area (Å²) in [6.07, 6.45) is -3.69. The number of alkyl halides is 3. The summed E-state index contributed by atoms with van der Waals surface area (Å²) >= 11 is 1.40. The Bertz CT molecular complexity index is 378. The minimum atomic E-state index is -4.57.